The molecule has 1 amide bonds. The molecule has 4 rings (SSSR count). The second-order valence-electron chi connectivity index (χ2n) is 7.78. The van der Waals surface area contributed by atoms with Gasteiger partial charge in [-0.2, -0.15) is 5.10 Å². The molecule has 8 heteroatoms. The minimum absolute atomic E-state index is 0.185. The Morgan fingerprint density at radius 2 is 1.62 bits per heavy atom. The van der Waals surface area contributed by atoms with Gasteiger partial charge in [0.1, 0.15) is 5.75 Å². The van der Waals surface area contributed by atoms with E-state index in [1.165, 1.54) is 13.3 Å². The van der Waals surface area contributed by atoms with Crippen molar-refractivity contribution in [3.63, 3.8) is 0 Å². The molecule has 0 aromatic heterocycles. The first-order chi connectivity index (χ1) is 18.0. The molecule has 0 aliphatic carbocycles. The van der Waals surface area contributed by atoms with Crippen LogP contribution in [0.1, 0.15) is 15.9 Å². The summed E-state index contributed by atoms with van der Waals surface area (Å²) < 4.78 is 17.1. The molecule has 4 aromatic carbocycles. The fraction of sp³-hybridized carbons (Fsp3) is 0.0690. The average molecular weight is 559 g/mol. The predicted molar refractivity (Wildman–Crippen MR) is 145 cm³/mol. The monoisotopic (exact) mass is 558 g/mol. The first-order valence-corrected chi connectivity index (χ1v) is 12.1. The molecule has 0 aliphatic heterocycles. The van der Waals surface area contributed by atoms with E-state index in [1.54, 1.807) is 36.4 Å². The van der Waals surface area contributed by atoms with Gasteiger partial charge in [-0.05, 0) is 65.2 Å². The molecule has 0 radical (unpaired) electrons. The number of nitrogens with zero attached hydrogens (tertiary/aromatic N) is 1. The molecule has 0 atom stereocenters. The first-order valence-electron chi connectivity index (χ1n) is 11.3. The van der Waals surface area contributed by atoms with Crippen molar-refractivity contribution in [2.75, 3.05) is 13.7 Å². The van der Waals surface area contributed by atoms with E-state index >= 15 is 0 Å². The van der Waals surface area contributed by atoms with Crippen molar-refractivity contribution < 1.29 is 23.8 Å². The van der Waals surface area contributed by atoms with Crippen LogP contribution in [-0.2, 0) is 4.79 Å². The molecule has 186 valence electrons. The highest BCUT2D eigenvalue weighted by Crippen LogP contribution is 2.28. The molecule has 0 unspecified atom stereocenters. The number of halogens is 1. The van der Waals surface area contributed by atoms with Crippen LogP contribution >= 0.6 is 15.9 Å². The highest BCUT2D eigenvalue weighted by atomic mass is 79.9. The number of nitrogens with one attached hydrogen (secondary N) is 1. The summed E-state index contributed by atoms with van der Waals surface area (Å²) in [7, 11) is 1.47. The van der Waals surface area contributed by atoms with Crippen LogP contribution in [0.25, 0.3) is 11.1 Å². The van der Waals surface area contributed by atoms with Crippen LogP contribution in [0.2, 0.25) is 0 Å². The molecule has 4 aromatic rings. The lowest BCUT2D eigenvalue weighted by Gasteiger charge is -2.10. The van der Waals surface area contributed by atoms with Gasteiger partial charge in [0.05, 0.1) is 18.9 Å². The molecule has 7 nitrogen and oxygen atoms in total. The first kappa shape index (κ1) is 25.7. The van der Waals surface area contributed by atoms with E-state index in [9.17, 15) is 9.59 Å². The van der Waals surface area contributed by atoms with Crippen LogP contribution in [0.5, 0.6) is 17.2 Å². The Morgan fingerprint density at radius 1 is 0.865 bits per heavy atom. The Bertz CT molecular complexity index is 1410. The molecule has 0 aliphatic rings. The van der Waals surface area contributed by atoms with Gasteiger partial charge in [-0.15, -0.1) is 0 Å². The summed E-state index contributed by atoms with van der Waals surface area (Å²) in [5.74, 6) is 0.274. The number of hydrogen-bond donors (Lipinski definition) is 1. The number of hydrogen-bond acceptors (Lipinski definition) is 6. The fourth-order valence-corrected chi connectivity index (χ4v) is 3.76. The smallest absolute Gasteiger partial charge is 0.343 e. The molecule has 0 saturated carbocycles. The van der Waals surface area contributed by atoms with Crippen molar-refractivity contribution in [2.45, 2.75) is 0 Å². The van der Waals surface area contributed by atoms with Crippen LogP contribution in [0, 0.1) is 0 Å². The van der Waals surface area contributed by atoms with Crippen LogP contribution in [0.4, 0.5) is 0 Å². The lowest BCUT2D eigenvalue weighted by atomic mass is 10.1. The van der Waals surface area contributed by atoms with Gasteiger partial charge in [-0.25, -0.2) is 10.2 Å². The van der Waals surface area contributed by atoms with Crippen LogP contribution < -0.4 is 19.6 Å². The number of rotatable bonds is 9. The van der Waals surface area contributed by atoms with Crippen molar-refractivity contribution >= 4 is 34.0 Å². The third-order valence-electron chi connectivity index (χ3n) is 5.18. The third kappa shape index (κ3) is 7.28. The largest absolute Gasteiger partial charge is 0.493 e. The van der Waals surface area contributed by atoms with Gasteiger partial charge in [0.2, 0.25) is 0 Å². The van der Waals surface area contributed by atoms with Crippen LogP contribution in [-0.4, -0.2) is 31.8 Å². The summed E-state index contributed by atoms with van der Waals surface area (Å²) in [6, 6.07) is 29.3. The number of carbonyl (C=O) groups excluding carboxylic acids is 2. The average Bonchev–Trinajstić information content (AvgIpc) is 2.93. The normalized spacial score (nSPS) is 10.6. The van der Waals surface area contributed by atoms with E-state index in [2.05, 4.69) is 26.5 Å². The van der Waals surface area contributed by atoms with Crippen LogP contribution in [0.3, 0.4) is 0 Å². The molecule has 37 heavy (non-hydrogen) atoms. The predicted octanol–water partition coefficient (Wildman–Crippen LogP) is 5.87. The minimum Gasteiger partial charge on any atom is -0.493 e. The highest BCUT2D eigenvalue weighted by Gasteiger charge is 2.13. The number of carbonyl (C=O) groups is 2. The third-order valence-corrected chi connectivity index (χ3v) is 5.68. The summed E-state index contributed by atoms with van der Waals surface area (Å²) in [4.78, 5) is 24.5. The second kappa shape index (κ2) is 12.5. The van der Waals surface area contributed by atoms with Gasteiger partial charge in [0.15, 0.2) is 18.1 Å². The molecule has 0 heterocycles. The standard InChI is InChI=1S/C29H23BrN2O5/c1-35-27-16-20(10-15-26(27)37-29(34)23-8-5-9-24(30)17-23)18-31-32-28(33)19-36-25-13-11-22(12-14-25)21-6-3-2-4-7-21/h2-18H,19H2,1H3,(H,32,33). The van der Waals surface area contributed by atoms with E-state index in [1.807, 2.05) is 60.7 Å². The molecule has 0 bridgehead atoms. The van der Waals surface area contributed by atoms with Gasteiger partial charge in [0, 0.05) is 4.47 Å². The number of hydrazone groups is 1. The second-order valence-corrected chi connectivity index (χ2v) is 8.70. The maximum atomic E-state index is 12.4. The topological polar surface area (TPSA) is 86.2 Å². The number of methoxy groups -OCH3 is 1. The Morgan fingerprint density at radius 3 is 2.35 bits per heavy atom. The van der Waals surface area contributed by atoms with Gasteiger partial charge < -0.3 is 14.2 Å². The Balaban J connectivity index is 1.28. The number of benzene rings is 4. The van der Waals surface area contributed by atoms with Crippen LogP contribution in [0.15, 0.2) is 107 Å². The van der Waals surface area contributed by atoms with Crippen molar-refractivity contribution in [3.05, 3.63) is 113 Å². The van der Waals surface area contributed by atoms with Gasteiger partial charge >= 0.3 is 5.97 Å². The Hall–Kier alpha value is -4.43. The van der Waals surface area contributed by atoms with E-state index in [-0.39, 0.29) is 12.4 Å². The summed E-state index contributed by atoms with van der Waals surface area (Å²) in [5.41, 5.74) is 5.63. The Labute approximate surface area is 222 Å². The fourth-order valence-electron chi connectivity index (χ4n) is 3.36. The lowest BCUT2D eigenvalue weighted by Crippen LogP contribution is -2.24. The van der Waals surface area contributed by atoms with Crippen molar-refractivity contribution in [1.29, 1.82) is 0 Å². The lowest BCUT2D eigenvalue weighted by molar-refractivity contribution is -0.123. The van der Waals surface area contributed by atoms with E-state index < -0.39 is 11.9 Å². The van der Waals surface area contributed by atoms with Crippen molar-refractivity contribution in [1.82, 2.24) is 5.43 Å². The quantitative estimate of drug-likeness (QED) is 0.120. The van der Waals surface area contributed by atoms with E-state index in [0.29, 0.717) is 22.6 Å². The zero-order valence-corrected chi connectivity index (χ0v) is 21.5. The van der Waals surface area contributed by atoms with E-state index in [4.69, 9.17) is 14.2 Å². The highest BCUT2D eigenvalue weighted by molar-refractivity contribution is 9.10. The molecule has 0 saturated heterocycles. The van der Waals surface area contributed by atoms with E-state index in [0.717, 1.165) is 15.6 Å². The summed E-state index contributed by atoms with van der Waals surface area (Å²) >= 11 is 3.34. The van der Waals surface area contributed by atoms with Crippen molar-refractivity contribution in [2.24, 2.45) is 5.10 Å². The number of amides is 1. The number of ether oxygens (including phenoxy) is 3. The Kier molecular flexibility index (Phi) is 8.67. The summed E-state index contributed by atoms with van der Waals surface area (Å²) in [5, 5.41) is 3.96. The SMILES string of the molecule is COc1cc(C=NNC(=O)COc2ccc(-c3ccccc3)cc2)ccc1OC(=O)c1cccc(Br)c1. The van der Waals surface area contributed by atoms with Gasteiger partial charge in [0.25, 0.3) is 5.91 Å². The minimum atomic E-state index is -0.511. The summed E-state index contributed by atoms with van der Waals surface area (Å²) in [6.07, 6.45) is 1.45. The molecular weight excluding hydrogens is 536 g/mol. The maximum Gasteiger partial charge on any atom is 0.343 e. The summed E-state index contributed by atoms with van der Waals surface area (Å²) in [6.45, 7) is -0.185. The number of esters is 1. The zero-order valence-electron chi connectivity index (χ0n) is 19.9. The molecule has 0 fully saturated rings. The van der Waals surface area contributed by atoms with Crippen molar-refractivity contribution in [3.8, 4) is 28.4 Å². The maximum absolute atomic E-state index is 12.4. The zero-order chi connectivity index (χ0) is 26.0. The van der Waals surface area contributed by atoms with Gasteiger partial charge in [-0.3, -0.25) is 4.79 Å². The molecule has 0 spiro atoms. The molecule has 1 N–H and O–H groups in total. The molecular formula is C29H23BrN2O5. The van der Waals surface area contributed by atoms with Gasteiger partial charge in [-0.1, -0.05) is 64.5 Å².